The van der Waals surface area contributed by atoms with E-state index in [4.69, 9.17) is 37.9 Å². The molecule has 0 unspecified atom stereocenters. The number of fused-ring (bicyclic) bond motifs is 4. The maximum absolute atomic E-state index is 14.9. The molecule has 0 amide bonds. The van der Waals surface area contributed by atoms with Crippen molar-refractivity contribution >= 4 is 5.78 Å². The van der Waals surface area contributed by atoms with Crippen LogP contribution in [0.3, 0.4) is 0 Å². The van der Waals surface area contributed by atoms with Gasteiger partial charge in [-0.2, -0.15) is 0 Å². The summed E-state index contributed by atoms with van der Waals surface area (Å²) in [5.41, 5.74) is 2.78. The molecule has 0 radical (unpaired) electrons. The van der Waals surface area contributed by atoms with Crippen molar-refractivity contribution in [1.82, 2.24) is 0 Å². The molecule has 2 heterocycles. The topological polar surface area (TPSA) is 90.9 Å². The van der Waals surface area contributed by atoms with Crippen molar-refractivity contribution in [2.75, 3.05) is 42.7 Å². The number of ketones is 1. The highest BCUT2D eigenvalue weighted by molar-refractivity contribution is 6.03. The Bertz CT molecular complexity index is 1520. The molecule has 3 atom stereocenters. The molecule has 0 bridgehead atoms. The van der Waals surface area contributed by atoms with Gasteiger partial charge < -0.3 is 37.9 Å². The van der Waals surface area contributed by atoms with E-state index in [1.165, 1.54) is 7.11 Å². The highest BCUT2D eigenvalue weighted by Gasteiger charge is 2.69. The summed E-state index contributed by atoms with van der Waals surface area (Å²) in [5.74, 6) is 1.68. The number of hydrogen-bond acceptors (Lipinski definition) is 9. The highest BCUT2D eigenvalue weighted by atomic mass is 16.7. The summed E-state index contributed by atoms with van der Waals surface area (Å²) in [7, 11) is 9.70. The number of hydrogen-bond donors (Lipinski definition) is 0. The SMILES string of the molecule is COC1=C(C(C)C)[C@@]2(OC)Oc3c(cc(OC)c(C(C)C)c3OC)C[C@H]2[C@]2(CCc3cc(OC)c(C(C)C)c(OC)c3O2)C1=O. The van der Waals surface area contributed by atoms with Crippen LogP contribution in [0.15, 0.2) is 23.5 Å². The van der Waals surface area contributed by atoms with Crippen molar-refractivity contribution in [3.05, 3.63) is 45.7 Å². The van der Waals surface area contributed by atoms with Gasteiger partial charge in [-0.3, -0.25) is 4.79 Å². The maximum Gasteiger partial charge on any atom is 0.245 e. The third kappa shape index (κ3) is 4.64. The predicted octanol–water partition coefficient (Wildman–Crippen LogP) is 6.76. The van der Waals surface area contributed by atoms with Gasteiger partial charge in [0.2, 0.25) is 11.6 Å². The molecule has 0 saturated heterocycles. The molecule has 0 N–H and O–H groups in total. The van der Waals surface area contributed by atoms with Gasteiger partial charge in [-0.1, -0.05) is 41.5 Å². The standard InChI is InChI=1S/C36H48O9/c1-18(2)26-23(38-7)15-21-13-14-35(44-29(21)31(26)40-9)25-17-22-16-24(39-8)27(19(3)4)32(41-10)30(22)45-36(25,43-12)28(20(5)6)33(42-11)34(35)37/h15-16,18-20,25H,13-14,17H2,1-12H3/t25-,35+,36-/m0/s1. The third-order valence-corrected chi connectivity index (χ3v) is 9.67. The molecule has 5 rings (SSSR count). The lowest BCUT2D eigenvalue weighted by atomic mass is 9.62. The molecule has 246 valence electrons. The van der Waals surface area contributed by atoms with E-state index in [9.17, 15) is 4.79 Å². The van der Waals surface area contributed by atoms with Crippen LogP contribution in [0.25, 0.3) is 0 Å². The Morgan fingerprint density at radius 3 is 1.69 bits per heavy atom. The quantitative estimate of drug-likeness (QED) is 0.300. The maximum atomic E-state index is 14.9. The normalized spacial score (nSPS) is 23.8. The van der Waals surface area contributed by atoms with Crippen molar-refractivity contribution in [2.24, 2.45) is 11.8 Å². The minimum atomic E-state index is -1.39. The summed E-state index contributed by atoms with van der Waals surface area (Å²) in [6.07, 6.45) is 1.32. The fourth-order valence-corrected chi connectivity index (χ4v) is 7.80. The molecular weight excluding hydrogens is 576 g/mol. The smallest absolute Gasteiger partial charge is 0.245 e. The second-order valence-electron chi connectivity index (χ2n) is 13.0. The minimum Gasteiger partial charge on any atom is -0.496 e. The van der Waals surface area contributed by atoms with Crippen LogP contribution in [0, 0.1) is 11.8 Å². The Balaban J connectivity index is 1.83. The van der Waals surface area contributed by atoms with Gasteiger partial charge in [0.1, 0.15) is 11.5 Å². The van der Waals surface area contributed by atoms with E-state index in [1.807, 2.05) is 26.0 Å². The first-order chi connectivity index (χ1) is 21.4. The molecule has 0 saturated carbocycles. The second kappa shape index (κ2) is 12.0. The fourth-order valence-electron chi connectivity index (χ4n) is 7.80. The summed E-state index contributed by atoms with van der Waals surface area (Å²) < 4.78 is 50.3. The predicted molar refractivity (Wildman–Crippen MR) is 170 cm³/mol. The van der Waals surface area contributed by atoms with E-state index in [2.05, 4.69) is 27.7 Å². The monoisotopic (exact) mass is 624 g/mol. The molecule has 0 fully saturated rings. The van der Waals surface area contributed by atoms with Gasteiger partial charge in [0.25, 0.3) is 0 Å². The van der Waals surface area contributed by atoms with Crippen LogP contribution in [-0.4, -0.2) is 59.8 Å². The summed E-state index contributed by atoms with van der Waals surface area (Å²) >= 11 is 0. The van der Waals surface area contributed by atoms with Crippen molar-refractivity contribution < 1.29 is 42.7 Å². The van der Waals surface area contributed by atoms with E-state index in [-0.39, 0.29) is 29.3 Å². The van der Waals surface area contributed by atoms with Crippen molar-refractivity contribution in [3.63, 3.8) is 0 Å². The van der Waals surface area contributed by atoms with Gasteiger partial charge in [0, 0.05) is 34.9 Å². The van der Waals surface area contributed by atoms with Gasteiger partial charge in [-0.25, -0.2) is 0 Å². The molecule has 45 heavy (non-hydrogen) atoms. The number of aryl methyl sites for hydroxylation is 1. The van der Waals surface area contributed by atoms with Crippen LogP contribution < -0.4 is 28.4 Å². The van der Waals surface area contributed by atoms with E-state index >= 15 is 0 Å². The van der Waals surface area contributed by atoms with Gasteiger partial charge in [-0.05, 0) is 49.1 Å². The molecule has 9 heteroatoms. The zero-order chi connectivity index (χ0) is 33.0. The zero-order valence-corrected chi connectivity index (χ0v) is 28.8. The van der Waals surface area contributed by atoms with E-state index in [0.717, 1.165) is 28.0 Å². The van der Waals surface area contributed by atoms with Gasteiger partial charge in [-0.15, -0.1) is 0 Å². The lowest BCUT2D eigenvalue weighted by molar-refractivity contribution is -0.234. The first-order valence-electron chi connectivity index (χ1n) is 15.7. The largest absolute Gasteiger partial charge is 0.496 e. The number of benzene rings is 2. The van der Waals surface area contributed by atoms with E-state index < -0.39 is 17.3 Å². The number of carbonyl (C=O) groups is 1. The van der Waals surface area contributed by atoms with Crippen molar-refractivity contribution in [2.45, 2.75) is 84.0 Å². The molecule has 1 spiro atoms. The lowest BCUT2D eigenvalue weighted by Crippen LogP contribution is -2.69. The zero-order valence-electron chi connectivity index (χ0n) is 28.8. The van der Waals surface area contributed by atoms with Crippen molar-refractivity contribution in [3.8, 4) is 34.5 Å². The first kappa shape index (κ1) is 32.8. The van der Waals surface area contributed by atoms with Crippen LogP contribution >= 0.6 is 0 Å². The Morgan fingerprint density at radius 1 is 0.711 bits per heavy atom. The summed E-state index contributed by atoms with van der Waals surface area (Å²) in [4.78, 5) is 14.9. The molecule has 1 aliphatic carbocycles. The number of Topliss-reactive ketones (excluding diaryl/α,β-unsaturated/α-hetero) is 1. The van der Waals surface area contributed by atoms with Crippen LogP contribution in [0.4, 0.5) is 0 Å². The van der Waals surface area contributed by atoms with Gasteiger partial charge >= 0.3 is 0 Å². The number of rotatable bonds is 9. The van der Waals surface area contributed by atoms with E-state index in [1.54, 1.807) is 35.5 Å². The number of ether oxygens (including phenoxy) is 8. The minimum absolute atomic E-state index is 0.0729. The van der Waals surface area contributed by atoms with Crippen LogP contribution in [0.2, 0.25) is 0 Å². The highest BCUT2D eigenvalue weighted by Crippen LogP contribution is 2.60. The summed E-state index contributed by atoms with van der Waals surface area (Å²) in [5, 5.41) is 0. The molecule has 2 aromatic rings. The second-order valence-corrected chi connectivity index (χ2v) is 13.0. The molecular formula is C36H48O9. The molecule has 3 aliphatic rings. The van der Waals surface area contributed by atoms with Gasteiger partial charge in [0.05, 0.1) is 41.5 Å². The fraction of sp³-hybridized carbons (Fsp3) is 0.583. The Morgan fingerprint density at radius 2 is 1.24 bits per heavy atom. The first-order valence-corrected chi connectivity index (χ1v) is 15.7. The average Bonchev–Trinajstić information content (AvgIpc) is 3.03. The third-order valence-electron chi connectivity index (χ3n) is 9.67. The number of carbonyl (C=O) groups excluding carboxylic acids is 1. The van der Waals surface area contributed by atoms with Gasteiger partial charge in [0.15, 0.2) is 34.4 Å². The Labute approximate surface area is 267 Å². The lowest BCUT2D eigenvalue weighted by Gasteiger charge is -2.56. The molecule has 2 aromatic carbocycles. The van der Waals surface area contributed by atoms with Crippen LogP contribution in [0.1, 0.15) is 82.1 Å². The van der Waals surface area contributed by atoms with Crippen LogP contribution in [0.5, 0.6) is 34.5 Å². The number of methoxy groups -OCH3 is 6. The summed E-state index contributed by atoms with van der Waals surface area (Å²) in [6, 6.07) is 3.99. The molecule has 2 aliphatic heterocycles. The molecule has 9 nitrogen and oxygen atoms in total. The Kier molecular flexibility index (Phi) is 8.72. The van der Waals surface area contributed by atoms with E-state index in [0.29, 0.717) is 53.6 Å². The Hall–Kier alpha value is -3.59. The van der Waals surface area contributed by atoms with Crippen molar-refractivity contribution in [1.29, 1.82) is 0 Å². The molecule has 0 aromatic heterocycles. The summed E-state index contributed by atoms with van der Waals surface area (Å²) in [6.45, 7) is 12.4. The van der Waals surface area contributed by atoms with Crippen LogP contribution in [-0.2, 0) is 27.1 Å². The average molecular weight is 625 g/mol.